The highest BCUT2D eigenvalue weighted by Gasteiger charge is 2.30. The third-order valence-corrected chi connectivity index (χ3v) is 5.50. The summed E-state index contributed by atoms with van der Waals surface area (Å²) in [7, 11) is 0. The monoisotopic (exact) mass is 228 g/mol. The van der Waals surface area contributed by atoms with Gasteiger partial charge in [-0.2, -0.15) is 11.8 Å². The van der Waals surface area contributed by atoms with Crippen LogP contribution in [0, 0.1) is 11.8 Å². The predicted molar refractivity (Wildman–Crippen MR) is 68.5 cm³/mol. The van der Waals surface area contributed by atoms with Crippen LogP contribution in [0.5, 0.6) is 0 Å². The van der Waals surface area contributed by atoms with E-state index < -0.39 is 0 Å². The molecule has 3 heteroatoms. The summed E-state index contributed by atoms with van der Waals surface area (Å²) in [5.41, 5.74) is 0. The lowest BCUT2D eigenvalue weighted by Crippen LogP contribution is -2.47. The summed E-state index contributed by atoms with van der Waals surface area (Å²) < 4.78 is 0. The first kappa shape index (κ1) is 11.7. The second kappa shape index (κ2) is 5.07. The standard InChI is InChI=1S/C12H24N2S/c1-9-6-13-7-12(9)8-14-4-5-15-11(3)10(14)2/h9-13H,4-8H2,1-3H3/t9-,10?,11?,12+/m1/s1. The Morgan fingerprint density at radius 1 is 1.27 bits per heavy atom. The Hall–Kier alpha value is 0.270. The maximum atomic E-state index is 3.51. The molecule has 4 atom stereocenters. The van der Waals surface area contributed by atoms with Crippen LogP contribution in [-0.4, -0.2) is 48.1 Å². The van der Waals surface area contributed by atoms with Crippen molar-refractivity contribution in [2.24, 2.45) is 11.8 Å². The van der Waals surface area contributed by atoms with E-state index in [1.165, 1.54) is 31.9 Å². The average molecular weight is 228 g/mol. The molecule has 2 unspecified atom stereocenters. The molecule has 15 heavy (non-hydrogen) atoms. The van der Waals surface area contributed by atoms with E-state index in [9.17, 15) is 0 Å². The van der Waals surface area contributed by atoms with Crippen LogP contribution in [0.1, 0.15) is 20.8 Å². The smallest absolute Gasteiger partial charge is 0.0184 e. The largest absolute Gasteiger partial charge is 0.316 e. The van der Waals surface area contributed by atoms with E-state index >= 15 is 0 Å². The van der Waals surface area contributed by atoms with Crippen molar-refractivity contribution in [2.75, 3.05) is 31.9 Å². The fraction of sp³-hybridized carbons (Fsp3) is 1.00. The van der Waals surface area contributed by atoms with Crippen LogP contribution < -0.4 is 5.32 Å². The minimum Gasteiger partial charge on any atom is -0.316 e. The molecule has 2 heterocycles. The Labute approximate surface area is 98.2 Å². The quantitative estimate of drug-likeness (QED) is 0.774. The third-order valence-electron chi connectivity index (χ3n) is 4.16. The van der Waals surface area contributed by atoms with E-state index in [1.54, 1.807) is 0 Å². The van der Waals surface area contributed by atoms with E-state index in [4.69, 9.17) is 0 Å². The highest BCUT2D eigenvalue weighted by Crippen LogP contribution is 2.26. The van der Waals surface area contributed by atoms with Gasteiger partial charge in [-0.15, -0.1) is 0 Å². The van der Waals surface area contributed by atoms with Crippen molar-refractivity contribution in [1.82, 2.24) is 10.2 Å². The summed E-state index contributed by atoms with van der Waals surface area (Å²) in [4.78, 5) is 2.70. The van der Waals surface area contributed by atoms with Crippen LogP contribution >= 0.6 is 11.8 Å². The van der Waals surface area contributed by atoms with E-state index in [0.717, 1.165) is 23.1 Å². The first-order chi connectivity index (χ1) is 7.18. The maximum Gasteiger partial charge on any atom is 0.0184 e. The molecule has 2 fully saturated rings. The molecule has 0 saturated carbocycles. The number of rotatable bonds is 2. The third kappa shape index (κ3) is 2.69. The lowest BCUT2D eigenvalue weighted by Gasteiger charge is -2.39. The lowest BCUT2D eigenvalue weighted by molar-refractivity contribution is 0.172. The zero-order valence-electron chi connectivity index (χ0n) is 10.2. The predicted octanol–water partition coefficient (Wildman–Crippen LogP) is 1.67. The Morgan fingerprint density at radius 2 is 2.07 bits per heavy atom. The number of hydrogen-bond acceptors (Lipinski definition) is 3. The van der Waals surface area contributed by atoms with Crippen LogP contribution in [0.25, 0.3) is 0 Å². The zero-order chi connectivity index (χ0) is 10.8. The summed E-state index contributed by atoms with van der Waals surface area (Å²) in [6, 6.07) is 0.761. The first-order valence-electron chi connectivity index (χ1n) is 6.25. The molecular weight excluding hydrogens is 204 g/mol. The first-order valence-corrected chi connectivity index (χ1v) is 7.29. The Morgan fingerprint density at radius 3 is 2.73 bits per heavy atom. The normalized spacial score (nSPS) is 43.4. The van der Waals surface area contributed by atoms with Crippen molar-refractivity contribution >= 4 is 11.8 Å². The van der Waals surface area contributed by atoms with E-state index in [1.807, 2.05) is 0 Å². The van der Waals surface area contributed by atoms with Crippen molar-refractivity contribution in [3.63, 3.8) is 0 Å². The fourth-order valence-corrected chi connectivity index (χ4v) is 3.83. The minimum absolute atomic E-state index is 0.761. The van der Waals surface area contributed by atoms with Crippen molar-refractivity contribution in [3.05, 3.63) is 0 Å². The second-order valence-electron chi connectivity index (χ2n) is 5.21. The lowest BCUT2D eigenvalue weighted by atomic mass is 9.97. The van der Waals surface area contributed by atoms with Gasteiger partial charge in [-0.25, -0.2) is 0 Å². The van der Waals surface area contributed by atoms with Crippen LogP contribution in [0.4, 0.5) is 0 Å². The SMILES string of the molecule is CC1SCCN(C[C@@H]2CNC[C@H]2C)C1C. The van der Waals surface area contributed by atoms with Gasteiger partial charge in [0, 0.05) is 30.1 Å². The molecule has 0 aromatic rings. The average Bonchev–Trinajstić information content (AvgIpc) is 2.60. The Bertz CT molecular complexity index is 210. The summed E-state index contributed by atoms with van der Waals surface area (Å²) in [5.74, 6) is 3.06. The van der Waals surface area contributed by atoms with Crippen molar-refractivity contribution < 1.29 is 0 Å². The highest BCUT2D eigenvalue weighted by atomic mass is 32.2. The van der Waals surface area contributed by atoms with Gasteiger partial charge in [-0.05, 0) is 31.8 Å². The zero-order valence-corrected chi connectivity index (χ0v) is 11.0. The fourth-order valence-electron chi connectivity index (χ4n) is 2.66. The van der Waals surface area contributed by atoms with Gasteiger partial charge in [0.05, 0.1) is 0 Å². The van der Waals surface area contributed by atoms with Gasteiger partial charge in [0.2, 0.25) is 0 Å². The van der Waals surface area contributed by atoms with Gasteiger partial charge >= 0.3 is 0 Å². The topological polar surface area (TPSA) is 15.3 Å². The van der Waals surface area contributed by atoms with Crippen LogP contribution in [0.3, 0.4) is 0 Å². The molecule has 0 bridgehead atoms. The molecule has 2 saturated heterocycles. The second-order valence-corrected chi connectivity index (χ2v) is 6.69. The van der Waals surface area contributed by atoms with Gasteiger partial charge in [0.15, 0.2) is 0 Å². The van der Waals surface area contributed by atoms with Crippen LogP contribution in [0.15, 0.2) is 0 Å². The van der Waals surface area contributed by atoms with Gasteiger partial charge < -0.3 is 5.32 Å². The van der Waals surface area contributed by atoms with E-state index in [2.05, 4.69) is 42.7 Å². The molecule has 88 valence electrons. The molecular formula is C12H24N2S. The van der Waals surface area contributed by atoms with Crippen LogP contribution in [-0.2, 0) is 0 Å². The minimum atomic E-state index is 0.761. The van der Waals surface area contributed by atoms with Crippen molar-refractivity contribution in [3.8, 4) is 0 Å². The maximum absolute atomic E-state index is 3.51. The molecule has 2 nitrogen and oxygen atoms in total. The molecule has 0 aromatic heterocycles. The number of thioether (sulfide) groups is 1. The molecule has 0 aromatic carbocycles. The molecule has 1 N–H and O–H groups in total. The summed E-state index contributed by atoms with van der Waals surface area (Å²) in [6.45, 7) is 12.2. The number of nitrogens with zero attached hydrogens (tertiary/aromatic N) is 1. The summed E-state index contributed by atoms with van der Waals surface area (Å²) in [5, 5.41) is 4.31. The van der Waals surface area contributed by atoms with E-state index in [-0.39, 0.29) is 0 Å². The number of nitrogens with one attached hydrogen (secondary N) is 1. The van der Waals surface area contributed by atoms with E-state index in [0.29, 0.717) is 0 Å². The summed E-state index contributed by atoms with van der Waals surface area (Å²) >= 11 is 2.13. The van der Waals surface area contributed by atoms with Gasteiger partial charge in [-0.1, -0.05) is 13.8 Å². The van der Waals surface area contributed by atoms with Gasteiger partial charge in [0.25, 0.3) is 0 Å². The molecule has 2 aliphatic rings. The van der Waals surface area contributed by atoms with Gasteiger partial charge in [0.1, 0.15) is 0 Å². The van der Waals surface area contributed by atoms with Crippen molar-refractivity contribution in [2.45, 2.75) is 32.1 Å². The van der Waals surface area contributed by atoms with Crippen molar-refractivity contribution in [1.29, 1.82) is 0 Å². The molecule has 0 aliphatic carbocycles. The molecule has 2 rings (SSSR count). The van der Waals surface area contributed by atoms with Crippen LogP contribution in [0.2, 0.25) is 0 Å². The molecule has 2 aliphatic heterocycles. The molecule has 0 amide bonds. The Balaban J connectivity index is 1.87. The highest BCUT2D eigenvalue weighted by molar-refractivity contribution is 8.00. The molecule has 0 radical (unpaired) electrons. The summed E-state index contributed by atoms with van der Waals surface area (Å²) in [6.07, 6.45) is 0. The van der Waals surface area contributed by atoms with Gasteiger partial charge in [-0.3, -0.25) is 4.90 Å². The molecule has 0 spiro atoms. The Kier molecular flexibility index (Phi) is 3.97. The number of hydrogen-bond donors (Lipinski definition) is 1.